The molecule has 2 N–H and O–H groups in total. The molecule has 19 heavy (non-hydrogen) atoms. The third-order valence-electron chi connectivity index (χ3n) is 2.90. The number of nitrogens with zero attached hydrogens (tertiary/aromatic N) is 1. The van der Waals surface area contributed by atoms with Crippen molar-refractivity contribution in [3.05, 3.63) is 39.8 Å². The van der Waals surface area contributed by atoms with E-state index in [1.807, 2.05) is 30.5 Å². The maximum absolute atomic E-state index is 6.27. The molecule has 0 radical (unpaired) electrons. The third-order valence-corrected chi connectivity index (χ3v) is 3.89. The van der Waals surface area contributed by atoms with Gasteiger partial charge in [0.1, 0.15) is 11.5 Å². The molecule has 0 aliphatic carbocycles. The van der Waals surface area contributed by atoms with E-state index in [2.05, 4.69) is 4.98 Å². The minimum Gasteiger partial charge on any atom is -0.497 e. The Morgan fingerprint density at radius 3 is 2.68 bits per heavy atom. The SMILES string of the molecule is COc1ccc(OC)c(C(N)Cc2nc(C)cs2)c1. The van der Waals surface area contributed by atoms with Crippen LogP contribution >= 0.6 is 11.3 Å². The van der Waals surface area contributed by atoms with Gasteiger partial charge in [-0.3, -0.25) is 0 Å². The van der Waals surface area contributed by atoms with Gasteiger partial charge in [-0.1, -0.05) is 0 Å². The largest absolute Gasteiger partial charge is 0.497 e. The van der Waals surface area contributed by atoms with Gasteiger partial charge < -0.3 is 15.2 Å². The van der Waals surface area contributed by atoms with Crippen LogP contribution < -0.4 is 15.2 Å². The molecule has 0 aliphatic rings. The Bertz CT molecular complexity index is 554. The summed E-state index contributed by atoms with van der Waals surface area (Å²) < 4.78 is 10.6. The summed E-state index contributed by atoms with van der Waals surface area (Å²) in [6, 6.07) is 5.50. The molecule has 2 aromatic rings. The van der Waals surface area contributed by atoms with Crippen LogP contribution in [0.1, 0.15) is 22.3 Å². The van der Waals surface area contributed by atoms with Crippen LogP contribution in [0.2, 0.25) is 0 Å². The quantitative estimate of drug-likeness (QED) is 0.913. The van der Waals surface area contributed by atoms with Crippen LogP contribution in [0.15, 0.2) is 23.6 Å². The zero-order valence-electron chi connectivity index (χ0n) is 11.3. The van der Waals surface area contributed by atoms with E-state index in [1.165, 1.54) is 0 Å². The number of hydrogen-bond donors (Lipinski definition) is 1. The summed E-state index contributed by atoms with van der Waals surface area (Å²) in [5.41, 5.74) is 8.24. The van der Waals surface area contributed by atoms with E-state index in [1.54, 1.807) is 25.6 Å². The molecule has 102 valence electrons. The van der Waals surface area contributed by atoms with Crippen LogP contribution in [0.3, 0.4) is 0 Å². The van der Waals surface area contributed by atoms with Gasteiger partial charge in [-0.05, 0) is 25.1 Å². The molecule has 0 saturated carbocycles. The Labute approximate surface area is 117 Å². The van der Waals surface area contributed by atoms with Gasteiger partial charge in [0.2, 0.25) is 0 Å². The first-order chi connectivity index (χ1) is 9.13. The highest BCUT2D eigenvalue weighted by molar-refractivity contribution is 7.09. The lowest BCUT2D eigenvalue weighted by molar-refractivity contribution is 0.395. The first-order valence-corrected chi connectivity index (χ1v) is 6.90. The predicted octanol–water partition coefficient (Wildman–Crippen LogP) is 2.71. The maximum atomic E-state index is 6.27. The van der Waals surface area contributed by atoms with E-state index in [4.69, 9.17) is 15.2 Å². The second-order valence-electron chi connectivity index (χ2n) is 4.30. The molecule has 1 aromatic carbocycles. The lowest BCUT2D eigenvalue weighted by Crippen LogP contribution is -2.14. The first-order valence-electron chi connectivity index (χ1n) is 6.02. The molecule has 4 nitrogen and oxygen atoms in total. The minimum atomic E-state index is -0.157. The molecule has 1 atom stereocenters. The summed E-state index contributed by atoms with van der Waals surface area (Å²) in [7, 11) is 3.28. The Balaban J connectivity index is 2.23. The van der Waals surface area contributed by atoms with E-state index in [0.717, 1.165) is 27.8 Å². The van der Waals surface area contributed by atoms with E-state index in [-0.39, 0.29) is 6.04 Å². The fraction of sp³-hybridized carbons (Fsp3) is 0.357. The normalized spacial score (nSPS) is 12.2. The highest BCUT2D eigenvalue weighted by Gasteiger charge is 2.15. The van der Waals surface area contributed by atoms with Crippen molar-refractivity contribution in [3.63, 3.8) is 0 Å². The second-order valence-corrected chi connectivity index (χ2v) is 5.24. The number of aromatic nitrogens is 1. The molecule has 0 fully saturated rings. The molecule has 0 amide bonds. The van der Waals surface area contributed by atoms with Crippen LogP contribution in [0.5, 0.6) is 11.5 Å². The molecule has 1 unspecified atom stereocenters. The van der Waals surface area contributed by atoms with E-state index in [9.17, 15) is 0 Å². The topological polar surface area (TPSA) is 57.4 Å². The van der Waals surface area contributed by atoms with Gasteiger partial charge in [0.15, 0.2) is 0 Å². The van der Waals surface area contributed by atoms with E-state index < -0.39 is 0 Å². The van der Waals surface area contributed by atoms with Crippen molar-refractivity contribution in [1.82, 2.24) is 4.98 Å². The Morgan fingerprint density at radius 1 is 1.32 bits per heavy atom. The summed E-state index contributed by atoms with van der Waals surface area (Å²) in [4.78, 5) is 4.44. The zero-order chi connectivity index (χ0) is 13.8. The van der Waals surface area contributed by atoms with Gasteiger partial charge >= 0.3 is 0 Å². The van der Waals surface area contributed by atoms with Gasteiger partial charge in [-0.25, -0.2) is 4.98 Å². The molecule has 1 aromatic heterocycles. The molecule has 0 spiro atoms. The highest BCUT2D eigenvalue weighted by Crippen LogP contribution is 2.30. The molecular weight excluding hydrogens is 260 g/mol. The molecule has 0 aliphatic heterocycles. The number of thiazole rings is 1. The Kier molecular flexibility index (Phi) is 4.39. The van der Waals surface area contributed by atoms with Crippen molar-refractivity contribution in [1.29, 1.82) is 0 Å². The standard InChI is InChI=1S/C14H18N2O2S/c1-9-8-19-14(16-9)7-12(15)11-6-10(17-2)4-5-13(11)18-3/h4-6,8,12H,7,15H2,1-3H3. The maximum Gasteiger partial charge on any atom is 0.123 e. The monoisotopic (exact) mass is 278 g/mol. The average Bonchev–Trinajstić information content (AvgIpc) is 2.83. The third kappa shape index (κ3) is 3.24. The van der Waals surface area contributed by atoms with Crippen LogP contribution in [0.25, 0.3) is 0 Å². The summed E-state index contributed by atoms with van der Waals surface area (Å²) in [6.07, 6.45) is 0.696. The lowest BCUT2D eigenvalue weighted by Gasteiger charge is -2.15. The van der Waals surface area contributed by atoms with E-state index in [0.29, 0.717) is 6.42 Å². The molecule has 0 saturated heterocycles. The Hall–Kier alpha value is -1.59. The number of ether oxygens (including phenoxy) is 2. The smallest absolute Gasteiger partial charge is 0.123 e. The van der Waals surface area contributed by atoms with Crippen molar-refractivity contribution in [2.45, 2.75) is 19.4 Å². The average molecular weight is 278 g/mol. The van der Waals surface area contributed by atoms with Crippen molar-refractivity contribution in [2.24, 2.45) is 5.73 Å². The number of methoxy groups -OCH3 is 2. The predicted molar refractivity (Wildman–Crippen MR) is 77.0 cm³/mol. The number of aryl methyl sites for hydroxylation is 1. The molecule has 1 heterocycles. The van der Waals surface area contributed by atoms with Crippen LogP contribution in [-0.2, 0) is 6.42 Å². The molecular formula is C14H18N2O2S. The zero-order valence-corrected chi connectivity index (χ0v) is 12.2. The van der Waals surface area contributed by atoms with Gasteiger partial charge in [0.05, 0.1) is 19.2 Å². The first kappa shape index (κ1) is 13.8. The van der Waals surface area contributed by atoms with Crippen molar-refractivity contribution >= 4 is 11.3 Å². The summed E-state index contributed by atoms with van der Waals surface area (Å²) >= 11 is 1.63. The van der Waals surface area contributed by atoms with Crippen molar-refractivity contribution in [3.8, 4) is 11.5 Å². The molecule has 2 rings (SSSR count). The summed E-state index contributed by atoms with van der Waals surface area (Å²) in [5.74, 6) is 1.56. The van der Waals surface area contributed by atoms with Gasteiger partial charge in [0, 0.05) is 29.1 Å². The highest BCUT2D eigenvalue weighted by atomic mass is 32.1. The number of nitrogens with two attached hydrogens (primary N) is 1. The fourth-order valence-corrected chi connectivity index (χ4v) is 2.76. The van der Waals surface area contributed by atoms with Gasteiger partial charge in [-0.2, -0.15) is 0 Å². The van der Waals surface area contributed by atoms with Crippen LogP contribution in [0.4, 0.5) is 0 Å². The minimum absolute atomic E-state index is 0.157. The van der Waals surface area contributed by atoms with Gasteiger partial charge in [0.25, 0.3) is 0 Å². The summed E-state index contributed by atoms with van der Waals surface area (Å²) in [6.45, 7) is 1.98. The summed E-state index contributed by atoms with van der Waals surface area (Å²) in [5, 5.41) is 3.07. The van der Waals surface area contributed by atoms with Crippen LogP contribution in [-0.4, -0.2) is 19.2 Å². The number of rotatable bonds is 5. The second kappa shape index (κ2) is 6.04. The number of benzene rings is 1. The Morgan fingerprint density at radius 2 is 2.11 bits per heavy atom. The molecule has 5 heteroatoms. The van der Waals surface area contributed by atoms with Gasteiger partial charge in [-0.15, -0.1) is 11.3 Å². The number of hydrogen-bond acceptors (Lipinski definition) is 5. The van der Waals surface area contributed by atoms with Crippen molar-refractivity contribution < 1.29 is 9.47 Å². The lowest BCUT2D eigenvalue weighted by atomic mass is 10.0. The van der Waals surface area contributed by atoms with E-state index >= 15 is 0 Å². The van der Waals surface area contributed by atoms with Crippen LogP contribution in [0, 0.1) is 6.92 Å². The fourth-order valence-electron chi connectivity index (χ4n) is 1.92. The molecule has 0 bridgehead atoms. The van der Waals surface area contributed by atoms with Crippen molar-refractivity contribution in [2.75, 3.05) is 14.2 Å².